The second-order valence-corrected chi connectivity index (χ2v) is 19.4. The van der Waals surface area contributed by atoms with Crippen LogP contribution in [0.5, 0.6) is 0 Å². The van der Waals surface area contributed by atoms with E-state index in [2.05, 4.69) is 203 Å². The summed E-state index contributed by atoms with van der Waals surface area (Å²) in [6.07, 6.45) is 7.20. The molecule has 258 valence electrons. The van der Waals surface area contributed by atoms with E-state index in [0.717, 1.165) is 0 Å². The molecule has 0 saturated heterocycles. The van der Waals surface area contributed by atoms with E-state index in [1.54, 1.807) is 0 Å². The minimum Gasteiger partial charge on any atom is -0.333 e. The number of benzene rings is 4. The van der Waals surface area contributed by atoms with Gasteiger partial charge >= 0.3 is 0 Å². The molecule has 7 rings (SSSR count). The molecule has 2 heterocycles. The smallest absolute Gasteiger partial charge is 0.226 e. The summed E-state index contributed by atoms with van der Waals surface area (Å²) in [7, 11) is 0. The van der Waals surface area contributed by atoms with Crippen LogP contribution in [0.15, 0.2) is 109 Å². The van der Waals surface area contributed by atoms with E-state index in [1.807, 2.05) is 0 Å². The van der Waals surface area contributed by atoms with Crippen LogP contribution in [0.4, 0.5) is 22.7 Å². The Balaban J connectivity index is 1.54. The van der Waals surface area contributed by atoms with Gasteiger partial charge in [-0.15, -0.1) is 0 Å². The van der Waals surface area contributed by atoms with E-state index in [4.69, 9.17) is 0 Å². The Morgan fingerprint density at radius 3 is 1.42 bits per heavy atom. The Labute approximate surface area is 303 Å². The van der Waals surface area contributed by atoms with Crippen LogP contribution in [0.2, 0.25) is 5.82 Å². The first-order chi connectivity index (χ1) is 23.2. The highest BCUT2D eigenvalue weighted by molar-refractivity contribution is 6.90. The molecule has 3 heteroatoms. The predicted molar refractivity (Wildman–Crippen MR) is 219 cm³/mol. The lowest BCUT2D eigenvalue weighted by atomic mass is 9.26. The zero-order valence-electron chi connectivity index (χ0n) is 32.9. The summed E-state index contributed by atoms with van der Waals surface area (Å²) >= 11 is 0. The molecule has 2 nitrogen and oxygen atoms in total. The van der Waals surface area contributed by atoms with E-state index in [9.17, 15) is 0 Å². The first kappa shape index (κ1) is 34.5. The zero-order valence-corrected chi connectivity index (χ0v) is 32.9. The maximum absolute atomic E-state index is 2.66. The summed E-state index contributed by atoms with van der Waals surface area (Å²) in [6.45, 7) is 30.5. The summed E-state index contributed by atoms with van der Waals surface area (Å²) in [5.74, 6) is 0.183. The van der Waals surface area contributed by atoms with Crippen LogP contribution in [0.1, 0.15) is 112 Å². The average molecular weight is 661 g/mol. The van der Waals surface area contributed by atoms with Crippen molar-refractivity contribution in [2.75, 3.05) is 9.80 Å². The van der Waals surface area contributed by atoms with Crippen molar-refractivity contribution >= 4 is 40.4 Å². The van der Waals surface area contributed by atoms with Gasteiger partial charge in [0.05, 0.1) is 5.54 Å². The fourth-order valence-corrected chi connectivity index (χ4v) is 8.58. The van der Waals surface area contributed by atoms with E-state index in [-0.39, 0.29) is 39.7 Å². The molecular weight excluding hydrogens is 603 g/mol. The van der Waals surface area contributed by atoms with E-state index >= 15 is 0 Å². The molecule has 0 saturated carbocycles. The molecule has 50 heavy (non-hydrogen) atoms. The normalized spacial score (nSPS) is 20.3. The van der Waals surface area contributed by atoms with Gasteiger partial charge in [-0.2, -0.15) is 0 Å². The molecule has 4 aromatic rings. The van der Waals surface area contributed by atoms with Gasteiger partial charge in [-0.25, -0.2) is 0 Å². The molecule has 4 aromatic carbocycles. The van der Waals surface area contributed by atoms with Crippen LogP contribution in [-0.2, 0) is 21.7 Å². The lowest BCUT2D eigenvalue weighted by molar-refractivity contribution is 0.535. The van der Waals surface area contributed by atoms with Crippen LogP contribution >= 0.6 is 0 Å². The number of rotatable bonds is 2. The van der Waals surface area contributed by atoms with Crippen LogP contribution in [0.25, 0.3) is 0 Å². The van der Waals surface area contributed by atoms with E-state index < -0.39 is 0 Å². The molecule has 3 aliphatic rings. The largest absolute Gasteiger partial charge is 0.333 e. The monoisotopic (exact) mass is 660 g/mol. The van der Waals surface area contributed by atoms with Gasteiger partial charge in [0.25, 0.3) is 0 Å². The highest BCUT2D eigenvalue weighted by atomic mass is 15.2. The third kappa shape index (κ3) is 5.56. The molecule has 0 radical (unpaired) electrons. The standard InChI is InChI=1S/C47H57BN2/c1-43(2,3)31-16-22-35(23-17-31)49-39-26-20-33(45(7,8)9)29-37(39)48-38-30-34(46(10,11)12)21-27-40(38)50(47(13)28-14-15-41(49)42(47)48)36-24-18-32(19-25-36)44(4,5)6/h14-30,42H,1-13H3/t42?,47-/m1/s1. The summed E-state index contributed by atoms with van der Waals surface area (Å²) in [5, 5.41) is 0. The molecule has 2 aliphatic heterocycles. The molecule has 0 fully saturated rings. The molecule has 0 amide bonds. The van der Waals surface area contributed by atoms with Crippen molar-refractivity contribution in [3.8, 4) is 0 Å². The van der Waals surface area contributed by atoms with Gasteiger partial charge in [0.15, 0.2) is 0 Å². The predicted octanol–water partition coefficient (Wildman–Crippen LogP) is 11.4. The number of hydrogen-bond donors (Lipinski definition) is 0. The number of fused-ring (bicyclic) bond motifs is 4. The Bertz CT molecular complexity index is 2000. The minimum atomic E-state index is -0.312. The topological polar surface area (TPSA) is 6.48 Å². The highest BCUT2D eigenvalue weighted by Crippen LogP contribution is 2.55. The Kier molecular flexibility index (Phi) is 7.77. The molecule has 0 bridgehead atoms. The minimum absolute atomic E-state index is 0.0334. The average Bonchev–Trinajstić information content (AvgIpc) is 3.02. The summed E-state index contributed by atoms with van der Waals surface area (Å²) in [4.78, 5) is 5.24. The number of allylic oxidation sites excluding steroid dienone is 2. The van der Waals surface area contributed by atoms with Crippen molar-refractivity contribution in [1.82, 2.24) is 0 Å². The Morgan fingerprint density at radius 1 is 0.520 bits per heavy atom. The van der Waals surface area contributed by atoms with Crippen molar-refractivity contribution in [3.05, 3.63) is 131 Å². The first-order valence-electron chi connectivity index (χ1n) is 18.7. The summed E-state index contributed by atoms with van der Waals surface area (Å²) < 4.78 is 0. The maximum Gasteiger partial charge on any atom is 0.226 e. The van der Waals surface area contributed by atoms with Crippen LogP contribution in [0.3, 0.4) is 0 Å². The SMILES string of the molecule is CC(C)(C)c1ccc(N2C3=CC=C[C@]4(C)C3B(c3cc(C(C)(C)C)ccc32)c2cc(C(C)(C)C)ccc2N4c2ccc(C(C)(C)C)cc2)cc1. The van der Waals surface area contributed by atoms with Crippen molar-refractivity contribution < 1.29 is 0 Å². The molecule has 1 unspecified atom stereocenters. The van der Waals surface area contributed by atoms with Crippen LogP contribution in [0, 0.1) is 0 Å². The van der Waals surface area contributed by atoms with Gasteiger partial charge in [-0.1, -0.05) is 144 Å². The number of nitrogens with zero attached hydrogens (tertiary/aromatic N) is 2. The van der Waals surface area contributed by atoms with Gasteiger partial charge in [0.1, 0.15) is 0 Å². The summed E-state index contributed by atoms with van der Waals surface area (Å²) in [5.41, 5.74) is 14.7. The van der Waals surface area contributed by atoms with Crippen LogP contribution < -0.4 is 20.7 Å². The second-order valence-electron chi connectivity index (χ2n) is 19.4. The number of anilines is 4. The molecule has 2 atom stereocenters. The molecular formula is C47H57BN2. The number of hydrogen-bond acceptors (Lipinski definition) is 2. The van der Waals surface area contributed by atoms with Crippen molar-refractivity contribution in [2.24, 2.45) is 0 Å². The Hall–Kier alpha value is -3.98. The van der Waals surface area contributed by atoms with Gasteiger partial charge in [-0.3, -0.25) is 0 Å². The lowest BCUT2D eigenvalue weighted by Crippen LogP contribution is -2.68. The van der Waals surface area contributed by atoms with Gasteiger partial charge in [-0.05, 0) is 104 Å². The third-order valence-corrected chi connectivity index (χ3v) is 11.6. The van der Waals surface area contributed by atoms with E-state index in [0.29, 0.717) is 0 Å². The van der Waals surface area contributed by atoms with E-state index in [1.165, 1.54) is 61.6 Å². The summed E-state index contributed by atoms with van der Waals surface area (Å²) in [6, 6.07) is 33.4. The van der Waals surface area contributed by atoms with Crippen LogP contribution in [-0.4, -0.2) is 12.3 Å². The quantitative estimate of drug-likeness (QED) is 0.198. The van der Waals surface area contributed by atoms with Gasteiger partial charge in [0.2, 0.25) is 6.71 Å². The van der Waals surface area contributed by atoms with Crippen molar-refractivity contribution in [3.63, 3.8) is 0 Å². The van der Waals surface area contributed by atoms with Crippen molar-refractivity contribution in [1.29, 1.82) is 0 Å². The third-order valence-electron chi connectivity index (χ3n) is 11.6. The fourth-order valence-electron chi connectivity index (χ4n) is 8.58. The van der Waals surface area contributed by atoms with Gasteiger partial charge < -0.3 is 9.80 Å². The fraction of sp³-hybridized carbons (Fsp3) is 0.404. The maximum atomic E-state index is 2.66. The zero-order chi connectivity index (χ0) is 36.2. The highest BCUT2D eigenvalue weighted by Gasteiger charge is 2.57. The van der Waals surface area contributed by atoms with Crippen molar-refractivity contribution in [2.45, 2.75) is 123 Å². The molecule has 0 aromatic heterocycles. The molecule has 0 spiro atoms. The first-order valence-corrected chi connectivity index (χ1v) is 18.7. The lowest BCUT2D eigenvalue weighted by Gasteiger charge is -2.58. The molecule has 1 aliphatic carbocycles. The Morgan fingerprint density at radius 2 is 0.940 bits per heavy atom. The van der Waals surface area contributed by atoms with Gasteiger partial charge in [0, 0.05) is 34.3 Å². The molecule has 0 N–H and O–H groups in total. The second kappa shape index (κ2) is 11.3.